The van der Waals surface area contributed by atoms with Crippen molar-refractivity contribution in [1.82, 2.24) is 4.90 Å². The van der Waals surface area contributed by atoms with Crippen LogP contribution in [-0.2, 0) is 0 Å². The summed E-state index contributed by atoms with van der Waals surface area (Å²) in [6.07, 6.45) is 6.86. The van der Waals surface area contributed by atoms with E-state index < -0.39 is 0 Å². The van der Waals surface area contributed by atoms with Crippen molar-refractivity contribution in [3.05, 3.63) is 35.6 Å². The van der Waals surface area contributed by atoms with Crippen LogP contribution in [0.5, 0.6) is 0 Å². The predicted octanol–water partition coefficient (Wildman–Crippen LogP) is 4.26. The average Bonchev–Trinajstić information content (AvgIpc) is 2.50. The first-order chi connectivity index (χ1) is 10.2. The van der Waals surface area contributed by atoms with Crippen molar-refractivity contribution >= 4 is 0 Å². The molecule has 0 amide bonds. The molecule has 2 rings (SSSR count). The van der Waals surface area contributed by atoms with Crippen LogP contribution in [0.15, 0.2) is 24.3 Å². The molecule has 0 spiro atoms. The first-order valence-corrected chi connectivity index (χ1v) is 8.42. The summed E-state index contributed by atoms with van der Waals surface area (Å²) in [4.78, 5) is 2.64. The quantitative estimate of drug-likeness (QED) is 0.849. The molecule has 0 aromatic heterocycles. The Hall–Kier alpha value is -0.930. The first-order valence-electron chi connectivity index (χ1n) is 8.42. The van der Waals surface area contributed by atoms with E-state index in [2.05, 4.69) is 18.7 Å². The fraction of sp³-hybridized carbons (Fsp3) is 0.667. The van der Waals surface area contributed by atoms with Gasteiger partial charge in [-0.1, -0.05) is 26.0 Å². The van der Waals surface area contributed by atoms with Gasteiger partial charge in [0.1, 0.15) is 5.82 Å². The molecule has 0 saturated heterocycles. The van der Waals surface area contributed by atoms with Gasteiger partial charge in [0.05, 0.1) is 0 Å². The molecule has 1 aromatic rings. The van der Waals surface area contributed by atoms with Gasteiger partial charge in [0.2, 0.25) is 0 Å². The molecule has 1 atom stereocenters. The lowest BCUT2D eigenvalue weighted by Crippen LogP contribution is -2.43. The van der Waals surface area contributed by atoms with E-state index in [4.69, 9.17) is 5.73 Å². The summed E-state index contributed by atoms with van der Waals surface area (Å²) in [5, 5.41) is 0. The van der Waals surface area contributed by atoms with Crippen LogP contribution in [0.3, 0.4) is 0 Å². The van der Waals surface area contributed by atoms with Crippen molar-refractivity contribution in [2.24, 2.45) is 5.73 Å². The van der Waals surface area contributed by atoms with Crippen molar-refractivity contribution < 1.29 is 4.39 Å². The van der Waals surface area contributed by atoms with E-state index in [1.807, 2.05) is 12.1 Å². The predicted molar refractivity (Wildman–Crippen MR) is 86.7 cm³/mol. The molecule has 2 nitrogen and oxygen atoms in total. The molecular formula is C18H29FN2. The van der Waals surface area contributed by atoms with Crippen LogP contribution in [0.25, 0.3) is 0 Å². The van der Waals surface area contributed by atoms with E-state index in [1.54, 1.807) is 12.1 Å². The molecule has 1 aromatic carbocycles. The monoisotopic (exact) mass is 292 g/mol. The number of halogens is 1. The Kier molecular flexibility index (Phi) is 6.19. The van der Waals surface area contributed by atoms with E-state index in [-0.39, 0.29) is 5.82 Å². The molecule has 0 radical (unpaired) electrons. The third-order valence-electron chi connectivity index (χ3n) is 4.73. The highest BCUT2D eigenvalue weighted by Crippen LogP contribution is 2.32. The Labute approximate surface area is 128 Å². The summed E-state index contributed by atoms with van der Waals surface area (Å²) < 4.78 is 13.2. The van der Waals surface area contributed by atoms with Crippen LogP contribution < -0.4 is 5.73 Å². The topological polar surface area (TPSA) is 29.3 Å². The lowest BCUT2D eigenvalue weighted by atomic mass is 9.88. The van der Waals surface area contributed by atoms with Crippen molar-refractivity contribution in [2.45, 2.75) is 70.5 Å². The number of rotatable bonds is 6. The summed E-state index contributed by atoms with van der Waals surface area (Å²) in [5.41, 5.74) is 7.29. The minimum absolute atomic E-state index is 0.153. The summed E-state index contributed by atoms with van der Waals surface area (Å²) >= 11 is 0. The number of hydrogen-bond acceptors (Lipinski definition) is 2. The molecule has 0 aliphatic heterocycles. The second-order valence-corrected chi connectivity index (χ2v) is 6.28. The highest BCUT2D eigenvalue weighted by molar-refractivity contribution is 5.20. The molecule has 0 bridgehead atoms. The van der Waals surface area contributed by atoms with Gasteiger partial charge in [0, 0.05) is 18.1 Å². The Morgan fingerprint density at radius 2 is 1.76 bits per heavy atom. The fourth-order valence-electron chi connectivity index (χ4n) is 3.63. The van der Waals surface area contributed by atoms with E-state index in [1.165, 1.54) is 18.4 Å². The zero-order valence-electron chi connectivity index (χ0n) is 13.4. The largest absolute Gasteiger partial charge is 0.328 e. The lowest BCUT2D eigenvalue weighted by molar-refractivity contribution is 0.0962. The van der Waals surface area contributed by atoms with E-state index in [0.717, 1.165) is 32.2 Å². The Morgan fingerprint density at radius 1 is 1.14 bits per heavy atom. The van der Waals surface area contributed by atoms with Crippen molar-refractivity contribution in [3.8, 4) is 0 Å². The number of nitrogens with two attached hydrogens (primary N) is 1. The van der Waals surface area contributed by atoms with Crippen LogP contribution in [0.4, 0.5) is 4.39 Å². The van der Waals surface area contributed by atoms with Crippen molar-refractivity contribution in [1.29, 1.82) is 0 Å². The van der Waals surface area contributed by atoms with Crippen LogP contribution in [-0.4, -0.2) is 23.5 Å². The Morgan fingerprint density at radius 3 is 2.29 bits per heavy atom. The molecule has 3 heteroatoms. The third kappa shape index (κ3) is 4.27. The maximum atomic E-state index is 13.2. The summed E-state index contributed by atoms with van der Waals surface area (Å²) in [6, 6.07) is 8.46. The Bertz CT molecular complexity index is 410. The second kappa shape index (κ2) is 7.90. The van der Waals surface area contributed by atoms with Gasteiger partial charge in [-0.3, -0.25) is 4.90 Å². The minimum atomic E-state index is -0.153. The maximum absolute atomic E-state index is 13.2. The molecule has 21 heavy (non-hydrogen) atoms. The third-order valence-corrected chi connectivity index (χ3v) is 4.73. The smallest absolute Gasteiger partial charge is 0.123 e. The normalized spacial score (nSPS) is 24.2. The molecule has 1 aliphatic carbocycles. The molecule has 2 N–H and O–H groups in total. The first kappa shape index (κ1) is 16.4. The standard InChI is InChI=1S/C18H29FN2/c1-3-13-21(17-11-9-16(20)10-12-17)18(4-2)14-5-7-15(19)8-6-14/h5-8,16-18H,3-4,9-13,20H2,1-2H3. The van der Waals surface area contributed by atoms with Gasteiger partial charge < -0.3 is 5.73 Å². The molecule has 0 heterocycles. The lowest BCUT2D eigenvalue weighted by Gasteiger charge is -2.41. The van der Waals surface area contributed by atoms with Gasteiger partial charge >= 0.3 is 0 Å². The molecular weight excluding hydrogens is 263 g/mol. The van der Waals surface area contributed by atoms with Crippen LogP contribution in [0.1, 0.15) is 64.0 Å². The fourth-order valence-corrected chi connectivity index (χ4v) is 3.63. The molecule has 1 aliphatic rings. The van der Waals surface area contributed by atoms with Gasteiger partial charge in [-0.2, -0.15) is 0 Å². The summed E-state index contributed by atoms with van der Waals surface area (Å²) in [6.45, 7) is 5.57. The van der Waals surface area contributed by atoms with Crippen molar-refractivity contribution in [2.75, 3.05) is 6.54 Å². The zero-order valence-corrected chi connectivity index (χ0v) is 13.4. The summed E-state index contributed by atoms with van der Waals surface area (Å²) in [5.74, 6) is -0.153. The van der Waals surface area contributed by atoms with E-state index in [9.17, 15) is 4.39 Å². The van der Waals surface area contributed by atoms with Gasteiger partial charge in [-0.15, -0.1) is 0 Å². The SMILES string of the molecule is CCCN(C1CCC(N)CC1)C(CC)c1ccc(F)cc1. The minimum Gasteiger partial charge on any atom is -0.328 e. The van der Waals surface area contributed by atoms with Crippen LogP contribution in [0, 0.1) is 5.82 Å². The highest BCUT2D eigenvalue weighted by Gasteiger charge is 2.28. The highest BCUT2D eigenvalue weighted by atomic mass is 19.1. The van der Waals surface area contributed by atoms with Crippen LogP contribution >= 0.6 is 0 Å². The number of nitrogens with zero attached hydrogens (tertiary/aromatic N) is 1. The van der Waals surface area contributed by atoms with Gasteiger partial charge in [0.25, 0.3) is 0 Å². The number of benzene rings is 1. The van der Waals surface area contributed by atoms with Crippen LogP contribution in [0.2, 0.25) is 0 Å². The van der Waals surface area contributed by atoms with Crippen molar-refractivity contribution in [3.63, 3.8) is 0 Å². The average molecular weight is 292 g/mol. The molecule has 1 unspecified atom stereocenters. The summed E-state index contributed by atoms with van der Waals surface area (Å²) in [7, 11) is 0. The zero-order chi connectivity index (χ0) is 15.2. The molecule has 1 saturated carbocycles. The van der Waals surface area contributed by atoms with Gasteiger partial charge in [-0.25, -0.2) is 4.39 Å². The van der Waals surface area contributed by atoms with E-state index >= 15 is 0 Å². The van der Waals surface area contributed by atoms with E-state index in [0.29, 0.717) is 18.1 Å². The Balaban J connectivity index is 2.15. The molecule has 1 fully saturated rings. The van der Waals surface area contributed by atoms with Gasteiger partial charge in [-0.05, 0) is 62.8 Å². The maximum Gasteiger partial charge on any atom is 0.123 e. The number of hydrogen-bond donors (Lipinski definition) is 1. The second-order valence-electron chi connectivity index (χ2n) is 6.28. The van der Waals surface area contributed by atoms with Gasteiger partial charge in [0.15, 0.2) is 0 Å². The molecule has 118 valence electrons.